The highest BCUT2D eigenvalue weighted by molar-refractivity contribution is 5.77. The monoisotopic (exact) mass is 206 g/mol. The molecule has 0 saturated heterocycles. The first-order valence-corrected chi connectivity index (χ1v) is 5.38. The van der Waals surface area contributed by atoms with Gasteiger partial charge in [-0.3, -0.25) is 4.79 Å². The Morgan fingerprint density at radius 2 is 1.93 bits per heavy atom. The van der Waals surface area contributed by atoms with Crippen molar-refractivity contribution in [1.29, 1.82) is 0 Å². The van der Waals surface area contributed by atoms with Gasteiger partial charge in [0, 0.05) is 0 Å². The van der Waals surface area contributed by atoms with Crippen molar-refractivity contribution in [3.05, 3.63) is 35.4 Å². The molecule has 1 aromatic carbocycles. The molecule has 0 aliphatic rings. The predicted octanol–water partition coefficient (Wildman–Crippen LogP) is 3.05. The molecule has 0 aliphatic carbocycles. The molecule has 1 unspecified atom stereocenters. The maximum absolute atomic E-state index is 11.6. The third-order valence-corrected chi connectivity index (χ3v) is 2.38. The van der Waals surface area contributed by atoms with Crippen molar-refractivity contribution in [2.75, 3.05) is 6.61 Å². The normalized spacial score (nSPS) is 12.2. The molecule has 15 heavy (non-hydrogen) atoms. The van der Waals surface area contributed by atoms with Crippen molar-refractivity contribution in [3.63, 3.8) is 0 Å². The van der Waals surface area contributed by atoms with Crippen LogP contribution in [-0.4, -0.2) is 12.6 Å². The molecule has 0 spiro atoms. The van der Waals surface area contributed by atoms with Crippen molar-refractivity contribution < 1.29 is 9.53 Å². The zero-order valence-electron chi connectivity index (χ0n) is 9.62. The molecule has 1 rings (SSSR count). The molecular weight excluding hydrogens is 188 g/mol. The second kappa shape index (κ2) is 5.54. The fourth-order valence-corrected chi connectivity index (χ4v) is 1.32. The summed E-state index contributed by atoms with van der Waals surface area (Å²) in [6.07, 6.45) is 0.867. The van der Waals surface area contributed by atoms with E-state index in [0.29, 0.717) is 6.61 Å². The van der Waals surface area contributed by atoms with Gasteiger partial charge in [0.15, 0.2) is 0 Å². The number of ether oxygens (including phenoxy) is 1. The Bertz CT molecular complexity index is 314. The second-order valence-corrected chi connectivity index (χ2v) is 3.80. The minimum atomic E-state index is -0.169. The van der Waals surface area contributed by atoms with Gasteiger partial charge in [-0.05, 0) is 25.8 Å². The summed E-state index contributed by atoms with van der Waals surface area (Å²) in [7, 11) is 0. The van der Waals surface area contributed by atoms with Gasteiger partial charge in [0.05, 0.1) is 12.5 Å². The number of hydrogen-bond acceptors (Lipinski definition) is 2. The van der Waals surface area contributed by atoms with Crippen LogP contribution in [0, 0.1) is 6.92 Å². The maximum atomic E-state index is 11.6. The van der Waals surface area contributed by atoms with Crippen molar-refractivity contribution >= 4 is 5.97 Å². The third-order valence-electron chi connectivity index (χ3n) is 2.38. The number of benzene rings is 1. The Morgan fingerprint density at radius 1 is 1.33 bits per heavy atom. The van der Waals surface area contributed by atoms with E-state index in [9.17, 15) is 4.79 Å². The van der Waals surface area contributed by atoms with Crippen molar-refractivity contribution in [1.82, 2.24) is 0 Å². The van der Waals surface area contributed by atoms with Gasteiger partial charge >= 0.3 is 5.97 Å². The van der Waals surface area contributed by atoms with Crippen LogP contribution in [0.2, 0.25) is 0 Å². The van der Waals surface area contributed by atoms with E-state index in [-0.39, 0.29) is 11.9 Å². The summed E-state index contributed by atoms with van der Waals surface area (Å²) in [6, 6.07) is 7.98. The summed E-state index contributed by atoms with van der Waals surface area (Å²) in [4.78, 5) is 11.6. The number of esters is 1. The van der Waals surface area contributed by atoms with Crippen LogP contribution in [0.15, 0.2) is 24.3 Å². The first-order chi connectivity index (χ1) is 7.15. The summed E-state index contributed by atoms with van der Waals surface area (Å²) in [5.41, 5.74) is 2.22. The van der Waals surface area contributed by atoms with E-state index in [1.165, 1.54) is 5.56 Å². The molecule has 0 heterocycles. The highest BCUT2D eigenvalue weighted by Gasteiger charge is 2.15. The van der Waals surface area contributed by atoms with E-state index in [1.807, 2.05) is 45.0 Å². The molecule has 0 fully saturated rings. The van der Waals surface area contributed by atoms with Crippen LogP contribution in [0.25, 0.3) is 0 Å². The van der Waals surface area contributed by atoms with Gasteiger partial charge in [-0.15, -0.1) is 0 Å². The quantitative estimate of drug-likeness (QED) is 0.708. The zero-order chi connectivity index (χ0) is 11.3. The Hall–Kier alpha value is -1.31. The molecule has 1 aromatic rings. The molecule has 0 radical (unpaired) electrons. The molecule has 0 aromatic heterocycles. The van der Waals surface area contributed by atoms with E-state index in [1.54, 1.807) is 0 Å². The van der Waals surface area contributed by atoms with Gasteiger partial charge in [-0.25, -0.2) is 0 Å². The van der Waals surface area contributed by atoms with Gasteiger partial charge in [0.25, 0.3) is 0 Å². The Kier molecular flexibility index (Phi) is 4.35. The summed E-state index contributed by atoms with van der Waals surface area (Å²) in [5, 5.41) is 0. The lowest BCUT2D eigenvalue weighted by molar-refractivity contribution is -0.145. The van der Waals surface area contributed by atoms with Crippen LogP contribution in [-0.2, 0) is 9.53 Å². The largest absolute Gasteiger partial charge is 0.465 e. The Morgan fingerprint density at radius 3 is 2.47 bits per heavy atom. The lowest BCUT2D eigenvalue weighted by atomic mass is 10.0. The fourth-order valence-electron chi connectivity index (χ4n) is 1.32. The average molecular weight is 206 g/mol. The van der Waals surface area contributed by atoms with Crippen molar-refractivity contribution in [2.24, 2.45) is 0 Å². The number of hydrogen-bond donors (Lipinski definition) is 0. The molecular formula is C13H18O2. The second-order valence-electron chi connectivity index (χ2n) is 3.80. The van der Waals surface area contributed by atoms with Crippen LogP contribution in [0.3, 0.4) is 0 Å². The van der Waals surface area contributed by atoms with Gasteiger partial charge < -0.3 is 4.74 Å². The van der Waals surface area contributed by atoms with Crippen LogP contribution < -0.4 is 0 Å². The zero-order valence-corrected chi connectivity index (χ0v) is 9.62. The number of rotatable bonds is 4. The highest BCUT2D eigenvalue weighted by Crippen LogP contribution is 2.17. The molecule has 2 nitrogen and oxygen atoms in total. The maximum Gasteiger partial charge on any atom is 0.313 e. The predicted molar refractivity (Wildman–Crippen MR) is 60.8 cm³/mol. The van der Waals surface area contributed by atoms with Crippen molar-refractivity contribution in [2.45, 2.75) is 33.1 Å². The van der Waals surface area contributed by atoms with E-state index >= 15 is 0 Å². The fraction of sp³-hybridized carbons (Fsp3) is 0.462. The number of carbonyl (C=O) groups excluding carboxylic acids is 1. The number of carbonyl (C=O) groups is 1. The highest BCUT2D eigenvalue weighted by atomic mass is 16.5. The van der Waals surface area contributed by atoms with E-state index in [2.05, 4.69) is 0 Å². The first-order valence-electron chi connectivity index (χ1n) is 5.38. The molecule has 0 N–H and O–H groups in total. The van der Waals surface area contributed by atoms with Crippen LogP contribution >= 0.6 is 0 Å². The van der Waals surface area contributed by atoms with Crippen molar-refractivity contribution in [3.8, 4) is 0 Å². The van der Waals surface area contributed by atoms with Crippen LogP contribution in [0.1, 0.15) is 37.3 Å². The SMILES string of the molecule is CCCOC(=O)C(C)c1ccc(C)cc1. The van der Waals surface area contributed by atoms with Gasteiger partial charge in [-0.2, -0.15) is 0 Å². The molecule has 0 bridgehead atoms. The van der Waals surface area contributed by atoms with E-state index in [0.717, 1.165) is 12.0 Å². The smallest absolute Gasteiger partial charge is 0.313 e. The van der Waals surface area contributed by atoms with Crippen LogP contribution in [0.4, 0.5) is 0 Å². The molecule has 0 amide bonds. The van der Waals surface area contributed by atoms with E-state index < -0.39 is 0 Å². The number of aryl methyl sites for hydroxylation is 1. The lowest BCUT2D eigenvalue weighted by Crippen LogP contribution is -2.13. The molecule has 1 atom stereocenters. The molecule has 82 valence electrons. The Labute approximate surface area is 91.3 Å². The first kappa shape index (κ1) is 11.8. The Balaban J connectivity index is 2.63. The minimum absolute atomic E-state index is 0.138. The molecule has 2 heteroatoms. The van der Waals surface area contributed by atoms with Crippen LogP contribution in [0.5, 0.6) is 0 Å². The minimum Gasteiger partial charge on any atom is -0.465 e. The standard InChI is InChI=1S/C13H18O2/c1-4-9-15-13(14)11(3)12-7-5-10(2)6-8-12/h5-8,11H,4,9H2,1-3H3. The average Bonchev–Trinajstić information content (AvgIpc) is 2.26. The third kappa shape index (κ3) is 3.39. The van der Waals surface area contributed by atoms with Gasteiger partial charge in [-0.1, -0.05) is 36.8 Å². The lowest BCUT2D eigenvalue weighted by Gasteiger charge is -2.11. The summed E-state index contributed by atoms with van der Waals surface area (Å²) >= 11 is 0. The van der Waals surface area contributed by atoms with E-state index in [4.69, 9.17) is 4.74 Å². The summed E-state index contributed by atoms with van der Waals surface area (Å²) in [5.74, 6) is -0.308. The molecule has 0 saturated carbocycles. The van der Waals surface area contributed by atoms with Gasteiger partial charge in [0.2, 0.25) is 0 Å². The van der Waals surface area contributed by atoms with Gasteiger partial charge in [0.1, 0.15) is 0 Å². The molecule has 0 aliphatic heterocycles. The summed E-state index contributed by atoms with van der Waals surface area (Å²) in [6.45, 7) is 6.41. The summed E-state index contributed by atoms with van der Waals surface area (Å²) < 4.78 is 5.10. The topological polar surface area (TPSA) is 26.3 Å².